The number of rotatable bonds is 12. The lowest BCUT2D eigenvalue weighted by atomic mass is 9.87. The summed E-state index contributed by atoms with van der Waals surface area (Å²) in [5.74, 6) is 0.128. The molecule has 0 spiro atoms. The maximum absolute atomic E-state index is 13.8. The van der Waals surface area contributed by atoms with Gasteiger partial charge in [0, 0.05) is 24.5 Å². The van der Waals surface area contributed by atoms with Crippen LogP contribution in [0, 0.1) is 0 Å². The molecule has 2 amide bonds. The van der Waals surface area contributed by atoms with Crippen LogP contribution in [0.3, 0.4) is 0 Å². The van der Waals surface area contributed by atoms with Crippen LogP contribution in [0.25, 0.3) is 0 Å². The lowest BCUT2D eigenvalue weighted by molar-refractivity contribution is -0.142. The van der Waals surface area contributed by atoms with Crippen LogP contribution in [0.1, 0.15) is 57.2 Å². The minimum atomic E-state index is -0.706. The van der Waals surface area contributed by atoms with Crippen molar-refractivity contribution in [3.8, 4) is 5.75 Å². The molecule has 0 unspecified atom stereocenters. The number of carbonyl (C=O) groups excluding carboxylic acids is 2. The zero-order chi connectivity index (χ0) is 28.4. The van der Waals surface area contributed by atoms with Gasteiger partial charge in [-0.05, 0) is 68.7 Å². The Balaban J connectivity index is 1.88. The average molecular weight is 614 g/mol. The van der Waals surface area contributed by atoms with E-state index in [1.54, 1.807) is 17.0 Å². The number of amides is 2. The molecule has 0 aromatic heterocycles. The summed E-state index contributed by atoms with van der Waals surface area (Å²) >= 11 is 9.70. The van der Waals surface area contributed by atoms with Crippen molar-refractivity contribution >= 4 is 39.3 Å². The molecule has 0 aliphatic heterocycles. The molecule has 3 aromatic carbocycles. The van der Waals surface area contributed by atoms with E-state index in [-0.39, 0.29) is 30.4 Å². The van der Waals surface area contributed by atoms with E-state index < -0.39 is 6.04 Å². The van der Waals surface area contributed by atoms with Gasteiger partial charge < -0.3 is 15.0 Å². The van der Waals surface area contributed by atoms with Gasteiger partial charge >= 0.3 is 0 Å². The number of nitrogens with one attached hydrogen (secondary N) is 1. The second-order valence-corrected chi connectivity index (χ2v) is 12.0. The number of carbonyl (C=O) groups is 2. The van der Waals surface area contributed by atoms with E-state index in [0.717, 1.165) is 34.0 Å². The fourth-order valence-corrected chi connectivity index (χ4v) is 4.77. The quantitative estimate of drug-likeness (QED) is 0.218. The minimum absolute atomic E-state index is 0.0119. The number of halogens is 2. The summed E-state index contributed by atoms with van der Waals surface area (Å²) in [5, 5.41) is 3.65. The van der Waals surface area contributed by atoms with Crippen molar-refractivity contribution in [1.29, 1.82) is 0 Å². The molecule has 0 saturated heterocycles. The van der Waals surface area contributed by atoms with E-state index in [1.807, 2.05) is 60.7 Å². The van der Waals surface area contributed by atoms with E-state index in [9.17, 15) is 9.59 Å². The van der Waals surface area contributed by atoms with E-state index in [0.29, 0.717) is 23.7 Å². The van der Waals surface area contributed by atoms with Crippen molar-refractivity contribution < 1.29 is 14.3 Å². The van der Waals surface area contributed by atoms with Gasteiger partial charge in [-0.15, -0.1) is 0 Å². The summed E-state index contributed by atoms with van der Waals surface area (Å²) in [7, 11) is 0. The lowest BCUT2D eigenvalue weighted by Crippen LogP contribution is -2.51. The first-order valence-electron chi connectivity index (χ1n) is 13.4. The summed E-state index contributed by atoms with van der Waals surface area (Å²) in [5.41, 5.74) is 3.00. The fourth-order valence-electron chi connectivity index (χ4n) is 4.15. The minimum Gasteiger partial charge on any atom is -0.483 e. The topological polar surface area (TPSA) is 58.6 Å². The van der Waals surface area contributed by atoms with Gasteiger partial charge in [0.25, 0.3) is 5.91 Å². The van der Waals surface area contributed by atoms with Crippen molar-refractivity contribution in [3.63, 3.8) is 0 Å². The predicted octanol–water partition coefficient (Wildman–Crippen LogP) is 7.34. The molecule has 39 heavy (non-hydrogen) atoms. The Kier molecular flexibility index (Phi) is 11.4. The van der Waals surface area contributed by atoms with Crippen molar-refractivity contribution in [3.05, 3.63) is 99.0 Å². The Morgan fingerprint density at radius 3 is 2.31 bits per heavy atom. The Morgan fingerprint density at radius 1 is 1.00 bits per heavy atom. The Morgan fingerprint density at radius 2 is 1.69 bits per heavy atom. The van der Waals surface area contributed by atoms with E-state index in [4.69, 9.17) is 16.3 Å². The summed E-state index contributed by atoms with van der Waals surface area (Å²) < 4.78 is 6.77. The number of hydrogen-bond acceptors (Lipinski definition) is 3. The molecule has 208 valence electrons. The third-order valence-electron chi connectivity index (χ3n) is 6.52. The fraction of sp³-hybridized carbons (Fsp3) is 0.375. The molecule has 0 aliphatic carbocycles. The molecule has 1 atom stereocenters. The second kappa shape index (κ2) is 14.5. The highest BCUT2D eigenvalue weighted by molar-refractivity contribution is 9.10. The number of unbranched alkanes of at least 4 members (excludes halogenated alkanes) is 1. The van der Waals surface area contributed by atoms with Crippen molar-refractivity contribution in [2.45, 2.75) is 65.0 Å². The van der Waals surface area contributed by atoms with E-state index in [1.165, 1.54) is 0 Å². The summed E-state index contributed by atoms with van der Waals surface area (Å²) in [4.78, 5) is 28.9. The van der Waals surface area contributed by atoms with Gasteiger partial charge in [-0.1, -0.05) is 94.2 Å². The van der Waals surface area contributed by atoms with E-state index >= 15 is 0 Å². The zero-order valence-corrected chi connectivity index (χ0v) is 25.5. The van der Waals surface area contributed by atoms with Gasteiger partial charge in [-0.25, -0.2) is 0 Å². The number of ether oxygens (including phenoxy) is 1. The monoisotopic (exact) mass is 612 g/mol. The van der Waals surface area contributed by atoms with Gasteiger partial charge in [0.15, 0.2) is 6.61 Å². The normalized spacial score (nSPS) is 12.1. The average Bonchev–Trinajstić information content (AvgIpc) is 2.91. The van der Waals surface area contributed by atoms with Crippen molar-refractivity contribution in [2.24, 2.45) is 0 Å². The SMILES string of the molecule is CCCCNC(=O)[C@@H](Cc1ccccc1)N(Cc1ccc(Cl)cc1)C(=O)COc1ccc(C(C)(C)C)cc1Br. The first-order chi connectivity index (χ1) is 18.6. The van der Waals surface area contributed by atoms with Crippen LogP contribution >= 0.6 is 27.5 Å². The molecule has 5 nitrogen and oxygen atoms in total. The molecule has 0 aliphatic rings. The van der Waals surface area contributed by atoms with Gasteiger partial charge in [0.1, 0.15) is 11.8 Å². The molecule has 1 N–H and O–H groups in total. The van der Waals surface area contributed by atoms with E-state index in [2.05, 4.69) is 48.9 Å². The first kappa shape index (κ1) is 30.7. The molecule has 0 bridgehead atoms. The molecule has 0 radical (unpaired) electrons. The zero-order valence-electron chi connectivity index (χ0n) is 23.2. The van der Waals surface area contributed by atoms with Crippen LogP contribution < -0.4 is 10.1 Å². The second-order valence-electron chi connectivity index (χ2n) is 10.7. The maximum Gasteiger partial charge on any atom is 0.261 e. The van der Waals surface area contributed by atoms with Crippen LogP contribution in [0.4, 0.5) is 0 Å². The molecule has 3 rings (SSSR count). The number of benzene rings is 3. The van der Waals surface area contributed by atoms with Gasteiger partial charge in [-0.3, -0.25) is 9.59 Å². The van der Waals surface area contributed by atoms with Crippen LogP contribution in [-0.2, 0) is 28.0 Å². The van der Waals surface area contributed by atoms with Gasteiger partial charge in [0.2, 0.25) is 5.91 Å². The third kappa shape index (κ3) is 9.40. The summed E-state index contributed by atoms with van der Waals surface area (Å²) in [6.45, 7) is 9.13. The third-order valence-corrected chi connectivity index (χ3v) is 7.39. The molecular formula is C32H38BrClN2O3. The Bertz CT molecular complexity index is 1230. The standard InChI is InChI=1S/C32H38BrClN2O3/c1-5-6-18-35-31(38)28(19-23-10-8-7-9-11-23)36(21-24-12-15-26(34)16-13-24)30(37)22-39-29-17-14-25(20-27(29)33)32(2,3)4/h7-17,20,28H,5-6,18-19,21-22H2,1-4H3,(H,35,38)/t28-/m1/s1. The Labute approximate surface area is 246 Å². The van der Waals surface area contributed by atoms with Crippen LogP contribution in [0.15, 0.2) is 77.3 Å². The molecule has 7 heteroatoms. The van der Waals surface area contributed by atoms with Crippen molar-refractivity contribution in [1.82, 2.24) is 10.2 Å². The number of hydrogen-bond donors (Lipinski definition) is 1. The highest BCUT2D eigenvalue weighted by atomic mass is 79.9. The summed E-state index contributed by atoms with van der Waals surface area (Å²) in [6, 6.07) is 22.3. The Hall–Kier alpha value is -2.83. The number of nitrogens with zero attached hydrogens (tertiary/aromatic N) is 1. The van der Waals surface area contributed by atoms with Crippen LogP contribution in [-0.4, -0.2) is 35.9 Å². The maximum atomic E-state index is 13.8. The van der Waals surface area contributed by atoms with Crippen molar-refractivity contribution in [2.75, 3.05) is 13.2 Å². The van der Waals surface area contributed by atoms with Gasteiger partial charge in [-0.2, -0.15) is 0 Å². The largest absolute Gasteiger partial charge is 0.483 e. The highest BCUT2D eigenvalue weighted by Gasteiger charge is 2.30. The highest BCUT2D eigenvalue weighted by Crippen LogP contribution is 2.31. The van der Waals surface area contributed by atoms with Crippen LogP contribution in [0.5, 0.6) is 5.75 Å². The lowest BCUT2D eigenvalue weighted by Gasteiger charge is -2.31. The molecule has 0 saturated carbocycles. The predicted molar refractivity (Wildman–Crippen MR) is 162 cm³/mol. The molecule has 3 aromatic rings. The first-order valence-corrected chi connectivity index (χ1v) is 14.5. The molecule has 0 fully saturated rings. The van der Waals surface area contributed by atoms with Crippen LogP contribution in [0.2, 0.25) is 5.02 Å². The smallest absolute Gasteiger partial charge is 0.261 e. The van der Waals surface area contributed by atoms with Gasteiger partial charge in [0.05, 0.1) is 4.47 Å². The molecule has 0 heterocycles. The molecular weight excluding hydrogens is 576 g/mol. The summed E-state index contributed by atoms with van der Waals surface area (Å²) in [6.07, 6.45) is 2.23.